The highest BCUT2D eigenvalue weighted by Crippen LogP contribution is 2.47. The third-order valence-electron chi connectivity index (χ3n) is 8.25. The lowest BCUT2D eigenvalue weighted by atomic mass is 10.0. The quantitative estimate of drug-likeness (QED) is 0.0665. The van der Waals surface area contributed by atoms with Crippen molar-refractivity contribution in [2.24, 2.45) is 0 Å². The van der Waals surface area contributed by atoms with Crippen molar-refractivity contribution in [3.63, 3.8) is 0 Å². The van der Waals surface area contributed by atoms with Gasteiger partial charge in [0, 0.05) is 6.54 Å². The van der Waals surface area contributed by atoms with E-state index in [9.17, 15) is 14.2 Å². The molecule has 0 unspecified atom stereocenters. The number of carbonyl (C=O) groups is 2. The topological polar surface area (TPSA) is 103 Å². The molecule has 6 rings (SSSR count). The molecule has 0 fully saturated rings. The zero-order chi connectivity index (χ0) is 33.9. The van der Waals surface area contributed by atoms with Crippen molar-refractivity contribution in [3.8, 4) is 28.4 Å². The predicted molar refractivity (Wildman–Crippen MR) is 191 cm³/mol. The monoisotopic (exact) mass is 674 g/mol. The largest absolute Gasteiger partial charge is 0.444 e. The first-order valence-corrected chi connectivity index (χ1v) is 18.2. The van der Waals surface area contributed by atoms with Crippen molar-refractivity contribution in [2.75, 3.05) is 12.8 Å². The summed E-state index contributed by atoms with van der Waals surface area (Å²) < 4.78 is 31.6. The third-order valence-corrected chi connectivity index (χ3v) is 9.80. The van der Waals surface area contributed by atoms with Crippen molar-refractivity contribution < 1.29 is 27.9 Å². The van der Waals surface area contributed by atoms with Crippen molar-refractivity contribution in [3.05, 3.63) is 150 Å². The summed E-state index contributed by atoms with van der Waals surface area (Å²) in [6.45, 7) is 0.0758. The molecule has 2 N–H and O–H groups in total. The van der Waals surface area contributed by atoms with Gasteiger partial charge in [-0.2, -0.15) is 0 Å². The van der Waals surface area contributed by atoms with E-state index in [1.807, 2.05) is 84.9 Å². The molecular formula is C40H39N2O6P. The number of hydrogen-bond acceptors (Lipinski definition) is 7. The predicted octanol–water partition coefficient (Wildman–Crippen LogP) is 7.76. The van der Waals surface area contributed by atoms with Gasteiger partial charge in [-0.15, -0.1) is 0 Å². The second-order valence-electron chi connectivity index (χ2n) is 11.9. The van der Waals surface area contributed by atoms with Gasteiger partial charge in [0.05, 0.1) is 12.5 Å². The van der Waals surface area contributed by atoms with E-state index in [1.165, 1.54) is 11.1 Å². The Morgan fingerprint density at radius 2 is 1.27 bits per heavy atom. The summed E-state index contributed by atoms with van der Waals surface area (Å²) in [7, 11) is -3.86. The van der Waals surface area contributed by atoms with Gasteiger partial charge in [-0.25, -0.2) is 4.57 Å². The summed E-state index contributed by atoms with van der Waals surface area (Å²) in [5, 5.41) is 6.02. The first-order chi connectivity index (χ1) is 23.9. The maximum Gasteiger partial charge on any atom is 0.444 e. The molecule has 1 aliphatic carbocycles. The summed E-state index contributed by atoms with van der Waals surface area (Å²) in [6, 6.07) is 40.5. The van der Waals surface area contributed by atoms with E-state index in [1.54, 1.807) is 48.5 Å². The first kappa shape index (κ1) is 33.7. The number of benzene rings is 5. The van der Waals surface area contributed by atoms with Crippen LogP contribution in [0.25, 0.3) is 11.1 Å². The van der Waals surface area contributed by atoms with Gasteiger partial charge in [0.2, 0.25) is 5.91 Å². The van der Waals surface area contributed by atoms with Crippen LogP contribution < -0.4 is 24.4 Å². The second-order valence-corrected chi connectivity index (χ2v) is 13.8. The molecule has 0 saturated carbocycles. The van der Waals surface area contributed by atoms with Crippen molar-refractivity contribution >= 4 is 19.5 Å². The Labute approximate surface area is 287 Å². The Morgan fingerprint density at radius 1 is 0.673 bits per heavy atom. The van der Waals surface area contributed by atoms with Crippen LogP contribution in [-0.4, -0.2) is 30.7 Å². The lowest BCUT2D eigenvalue weighted by molar-refractivity contribution is -0.134. The zero-order valence-corrected chi connectivity index (χ0v) is 28.0. The molecule has 250 valence electrons. The Bertz CT molecular complexity index is 1840. The lowest BCUT2D eigenvalue weighted by Gasteiger charge is -2.24. The molecule has 5 aromatic carbocycles. The Morgan fingerprint density at radius 3 is 1.92 bits per heavy atom. The molecule has 5 aromatic rings. The number of rotatable bonds is 15. The number of esters is 1. The average Bonchev–Trinajstić information content (AvgIpc) is 3.60. The number of nitrogens with one attached hydrogen (secondary N) is 2. The van der Waals surface area contributed by atoms with Crippen LogP contribution in [0.15, 0.2) is 133 Å². The SMILES string of the molecule is O=C(CCNC(=O)[C@H](Cc1ccc(-c2ccccc2)cc1)NCP(=O)(Oc1ccccc1)Oc1ccccc1)Oc1ccc2c(c1)CCC2. The van der Waals surface area contributed by atoms with Gasteiger partial charge in [-0.05, 0) is 89.9 Å². The second kappa shape index (κ2) is 16.3. The van der Waals surface area contributed by atoms with Gasteiger partial charge >= 0.3 is 13.6 Å². The number of aryl methyl sites for hydroxylation is 2. The summed E-state index contributed by atoms with van der Waals surface area (Å²) in [5.41, 5.74) is 5.55. The summed E-state index contributed by atoms with van der Waals surface area (Å²) in [5.74, 6) is 0.480. The van der Waals surface area contributed by atoms with Crippen LogP contribution in [0, 0.1) is 0 Å². The van der Waals surface area contributed by atoms with Gasteiger partial charge in [-0.1, -0.05) is 97.1 Å². The molecule has 0 aliphatic heterocycles. The maximum atomic E-state index is 14.2. The number of amides is 1. The molecule has 0 heterocycles. The maximum absolute atomic E-state index is 14.2. The minimum Gasteiger partial charge on any atom is -0.426 e. The Kier molecular flexibility index (Phi) is 11.2. The molecule has 0 aromatic heterocycles. The van der Waals surface area contributed by atoms with E-state index in [-0.39, 0.29) is 31.6 Å². The molecule has 0 spiro atoms. The highest BCUT2D eigenvalue weighted by molar-refractivity contribution is 7.54. The van der Waals surface area contributed by atoms with Crippen LogP contribution in [0.4, 0.5) is 0 Å². The molecule has 8 nitrogen and oxygen atoms in total. The van der Waals surface area contributed by atoms with Crippen molar-refractivity contribution in [1.29, 1.82) is 0 Å². The van der Waals surface area contributed by atoms with E-state index < -0.39 is 19.6 Å². The highest BCUT2D eigenvalue weighted by atomic mass is 31.2. The van der Waals surface area contributed by atoms with Gasteiger partial charge in [0.15, 0.2) is 0 Å². The molecule has 0 saturated heterocycles. The highest BCUT2D eigenvalue weighted by Gasteiger charge is 2.31. The minimum absolute atomic E-state index is 0.00591. The first-order valence-electron chi connectivity index (χ1n) is 16.5. The number of para-hydroxylation sites is 2. The lowest BCUT2D eigenvalue weighted by Crippen LogP contribution is -2.46. The zero-order valence-electron chi connectivity index (χ0n) is 27.1. The van der Waals surface area contributed by atoms with E-state index in [0.717, 1.165) is 36.0 Å². The van der Waals surface area contributed by atoms with Crippen molar-refractivity contribution in [2.45, 2.75) is 38.1 Å². The number of fused-ring (bicyclic) bond motifs is 1. The molecular weight excluding hydrogens is 635 g/mol. The van der Waals surface area contributed by atoms with Gasteiger partial charge < -0.3 is 19.1 Å². The third kappa shape index (κ3) is 9.69. The van der Waals surface area contributed by atoms with Crippen LogP contribution in [0.1, 0.15) is 29.5 Å². The molecule has 1 atom stereocenters. The van der Waals surface area contributed by atoms with Crippen LogP contribution >= 0.6 is 7.60 Å². The molecule has 9 heteroatoms. The number of ether oxygens (including phenoxy) is 1. The Hall–Kier alpha value is -5.17. The number of hydrogen-bond donors (Lipinski definition) is 2. The van der Waals surface area contributed by atoms with E-state index in [2.05, 4.69) is 10.6 Å². The van der Waals surface area contributed by atoms with Crippen LogP contribution in [0.3, 0.4) is 0 Å². The van der Waals surface area contributed by atoms with Crippen LogP contribution in [-0.2, 0) is 33.4 Å². The molecule has 49 heavy (non-hydrogen) atoms. The fourth-order valence-electron chi connectivity index (χ4n) is 5.75. The molecule has 1 aliphatic rings. The standard InChI is InChI=1S/C40H39N2O6P/c43-39(46-37-24-23-32-13-10-14-34(32)28-37)25-26-41-40(44)38(27-30-19-21-33(22-20-30)31-11-4-1-5-12-31)42-29-49(45,47-35-15-6-2-7-16-35)48-36-17-8-3-9-18-36/h1-9,11-12,15-24,28,38,42H,10,13-14,25-27,29H2,(H,41,44)/t38-/m0/s1. The smallest absolute Gasteiger partial charge is 0.426 e. The van der Waals surface area contributed by atoms with Gasteiger partial charge in [0.1, 0.15) is 23.5 Å². The minimum atomic E-state index is -3.86. The van der Waals surface area contributed by atoms with E-state index in [4.69, 9.17) is 13.8 Å². The Balaban J connectivity index is 1.14. The fraction of sp³-hybridized carbons (Fsp3) is 0.200. The van der Waals surface area contributed by atoms with Crippen LogP contribution in [0.5, 0.6) is 17.2 Å². The molecule has 0 bridgehead atoms. The average molecular weight is 675 g/mol. The summed E-state index contributed by atoms with van der Waals surface area (Å²) >= 11 is 0. The van der Waals surface area contributed by atoms with Crippen molar-refractivity contribution in [1.82, 2.24) is 10.6 Å². The van der Waals surface area contributed by atoms with E-state index >= 15 is 0 Å². The summed E-state index contributed by atoms with van der Waals surface area (Å²) in [6.07, 6.45) is 3.17. The number of carbonyl (C=O) groups excluding carboxylic acids is 2. The molecule has 0 radical (unpaired) electrons. The van der Waals surface area contributed by atoms with Gasteiger partial charge in [0.25, 0.3) is 0 Å². The summed E-state index contributed by atoms with van der Waals surface area (Å²) in [4.78, 5) is 26.3. The van der Waals surface area contributed by atoms with Gasteiger partial charge in [-0.3, -0.25) is 14.9 Å². The van der Waals surface area contributed by atoms with Crippen LogP contribution in [0.2, 0.25) is 0 Å². The fourth-order valence-corrected chi connectivity index (χ4v) is 7.25. The van der Waals surface area contributed by atoms with E-state index in [0.29, 0.717) is 17.2 Å². The normalized spacial score (nSPS) is 12.8. The molecule has 1 amide bonds.